The third kappa shape index (κ3) is 9.13. The van der Waals surface area contributed by atoms with Gasteiger partial charge in [0.1, 0.15) is 0 Å². The first-order valence-electron chi connectivity index (χ1n) is 3.46. The first-order valence-corrected chi connectivity index (χ1v) is 4.86. The van der Waals surface area contributed by atoms with Gasteiger partial charge in [-0.1, -0.05) is 6.58 Å². The second kappa shape index (κ2) is 6.49. The van der Waals surface area contributed by atoms with Gasteiger partial charge in [-0.3, -0.25) is 13.9 Å². The van der Waals surface area contributed by atoms with Crippen molar-refractivity contribution < 1.29 is 22.3 Å². The van der Waals surface area contributed by atoms with E-state index in [4.69, 9.17) is 17.5 Å². The average Bonchev–Trinajstić information content (AvgIpc) is 2.31. The number of rotatable bonds is 1. The Morgan fingerprint density at radius 3 is 2.00 bits per heavy atom. The largest absolute Gasteiger partial charge is 0.394 e. The molecule has 1 rings (SSSR count). The van der Waals surface area contributed by atoms with Crippen molar-refractivity contribution in [3.05, 3.63) is 12.8 Å². The van der Waals surface area contributed by atoms with Gasteiger partial charge in [-0.05, 0) is 12.6 Å². The lowest BCUT2D eigenvalue weighted by molar-refractivity contribution is -0.125. The highest BCUT2D eigenvalue weighted by Crippen LogP contribution is 2.08. The van der Waals surface area contributed by atoms with Crippen LogP contribution in [0.25, 0.3) is 0 Å². The molecule has 0 aromatic carbocycles. The number of nitrogens with zero attached hydrogens (tertiary/aromatic N) is 1. The third-order valence-electron chi connectivity index (χ3n) is 1.33. The van der Waals surface area contributed by atoms with Crippen molar-refractivity contribution in [2.24, 2.45) is 0 Å². The maximum atomic E-state index is 10.7. The van der Waals surface area contributed by atoms with E-state index in [2.05, 4.69) is 6.58 Å². The van der Waals surface area contributed by atoms with Gasteiger partial charge in [-0.25, -0.2) is 0 Å². The number of carbonyl (C=O) groups is 1. The summed E-state index contributed by atoms with van der Waals surface area (Å²) in [6, 6.07) is 0. The van der Waals surface area contributed by atoms with E-state index in [9.17, 15) is 4.79 Å². The molecule has 1 fully saturated rings. The maximum absolute atomic E-state index is 10.7. The quantitative estimate of drug-likeness (QED) is 0.550. The minimum atomic E-state index is -4.67. The minimum Gasteiger partial charge on any atom is -0.344 e. The highest BCUT2D eigenvalue weighted by Gasteiger charge is 2.15. The predicted octanol–water partition coefficient (Wildman–Crippen LogP) is 0.262. The summed E-state index contributed by atoms with van der Waals surface area (Å²) < 4.78 is 31.6. The molecule has 1 aliphatic heterocycles. The Kier molecular flexibility index (Phi) is 7.19. The number of likely N-dealkylation sites (tertiary alicyclic amines) is 1. The van der Waals surface area contributed by atoms with Crippen LogP contribution in [0.3, 0.4) is 0 Å². The van der Waals surface area contributed by atoms with Crippen LogP contribution in [0.1, 0.15) is 12.8 Å². The van der Waals surface area contributed by atoms with Gasteiger partial charge in [0.15, 0.2) is 0 Å². The van der Waals surface area contributed by atoms with Crippen molar-refractivity contribution in [1.29, 1.82) is 0 Å². The topological polar surface area (TPSA) is 130 Å². The Labute approximate surface area is 82.6 Å². The molecule has 0 aliphatic carbocycles. The molecule has 1 saturated heterocycles. The van der Waals surface area contributed by atoms with Crippen molar-refractivity contribution in [2.75, 3.05) is 6.54 Å². The molecule has 8 heteroatoms. The molecule has 0 bridgehead atoms. The van der Waals surface area contributed by atoms with Crippen LogP contribution >= 0.6 is 0 Å². The summed E-state index contributed by atoms with van der Waals surface area (Å²) in [4.78, 5) is 12.3. The van der Waals surface area contributed by atoms with Gasteiger partial charge >= 0.3 is 10.4 Å². The van der Waals surface area contributed by atoms with Crippen molar-refractivity contribution in [3.8, 4) is 0 Å². The number of hydrogen-bond acceptors (Lipinski definition) is 4. The van der Waals surface area contributed by atoms with E-state index >= 15 is 0 Å². The number of hydrogen-bond donors (Lipinski definition) is 3. The average molecular weight is 226 g/mol. The van der Waals surface area contributed by atoms with Crippen LogP contribution in [-0.4, -0.2) is 34.9 Å². The molecule has 0 saturated carbocycles. The van der Waals surface area contributed by atoms with Crippen LogP contribution in [0.15, 0.2) is 12.8 Å². The lowest BCUT2D eigenvalue weighted by atomic mass is 10.4. The number of carbonyl (C=O) groups excluding carboxylic acids is 1. The molecular formula is C6H14N2O5S. The molecule has 0 radical (unpaired) electrons. The molecule has 1 amide bonds. The van der Waals surface area contributed by atoms with Crippen LogP contribution in [0.4, 0.5) is 0 Å². The van der Waals surface area contributed by atoms with Gasteiger partial charge in [0.05, 0.1) is 0 Å². The summed E-state index contributed by atoms with van der Waals surface area (Å²) in [7, 11) is -4.67. The molecule has 0 spiro atoms. The highest BCUT2D eigenvalue weighted by molar-refractivity contribution is 7.79. The van der Waals surface area contributed by atoms with E-state index in [0.29, 0.717) is 6.42 Å². The summed E-state index contributed by atoms with van der Waals surface area (Å²) in [5.74, 6) is 0.208. The third-order valence-corrected chi connectivity index (χ3v) is 1.33. The second-order valence-corrected chi connectivity index (χ2v) is 3.22. The zero-order chi connectivity index (χ0) is 10.5. The molecule has 0 aromatic heterocycles. The summed E-state index contributed by atoms with van der Waals surface area (Å²) in [6.45, 7) is 4.36. The first kappa shape index (κ1) is 15.5. The fourth-order valence-corrected chi connectivity index (χ4v) is 0.862. The Morgan fingerprint density at radius 1 is 1.43 bits per heavy atom. The van der Waals surface area contributed by atoms with Gasteiger partial charge < -0.3 is 11.1 Å². The monoisotopic (exact) mass is 226 g/mol. The SMILES string of the molecule is C=CN1CCCC1=O.N.O=S(=O)(O)O. The van der Waals surface area contributed by atoms with E-state index < -0.39 is 10.4 Å². The lowest BCUT2D eigenvalue weighted by Crippen LogP contribution is -2.16. The van der Waals surface area contributed by atoms with Gasteiger partial charge in [0, 0.05) is 13.0 Å². The maximum Gasteiger partial charge on any atom is 0.394 e. The second-order valence-electron chi connectivity index (χ2n) is 2.32. The van der Waals surface area contributed by atoms with E-state index in [1.165, 1.54) is 0 Å². The molecule has 0 atom stereocenters. The Bertz CT molecular complexity index is 279. The lowest BCUT2D eigenvalue weighted by Gasteiger charge is -2.05. The summed E-state index contributed by atoms with van der Waals surface area (Å²) in [5.41, 5.74) is 0. The van der Waals surface area contributed by atoms with Gasteiger partial charge in [-0.2, -0.15) is 8.42 Å². The predicted molar refractivity (Wildman–Crippen MR) is 50.3 cm³/mol. The first-order chi connectivity index (χ1) is 5.84. The van der Waals surface area contributed by atoms with Crippen LogP contribution in [0.2, 0.25) is 0 Å². The van der Waals surface area contributed by atoms with Crippen molar-refractivity contribution in [3.63, 3.8) is 0 Å². The minimum absolute atomic E-state index is 0. The number of amides is 1. The van der Waals surface area contributed by atoms with Crippen LogP contribution in [0.5, 0.6) is 0 Å². The van der Waals surface area contributed by atoms with Crippen molar-refractivity contribution in [2.45, 2.75) is 12.8 Å². The van der Waals surface area contributed by atoms with Gasteiger partial charge in [0.2, 0.25) is 5.91 Å². The molecular weight excluding hydrogens is 212 g/mol. The van der Waals surface area contributed by atoms with E-state index in [-0.39, 0.29) is 12.1 Å². The van der Waals surface area contributed by atoms with E-state index in [0.717, 1.165) is 13.0 Å². The summed E-state index contributed by atoms with van der Waals surface area (Å²) in [5, 5.41) is 0. The zero-order valence-electron chi connectivity index (χ0n) is 7.59. The van der Waals surface area contributed by atoms with E-state index in [1.807, 2.05) is 0 Å². The fourth-order valence-electron chi connectivity index (χ4n) is 0.862. The van der Waals surface area contributed by atoms with Crippen LogP contribution in [-0.2, 0) is 15.2 Å². The van der Waals surface area contributed by atoms with Crippen LogP contribution < -0.4 is 6.15 Å². The molecule has 14 heavy (non-hydrogen) atoms. The van der Waals surface area contributed by atoms with Crippen LogP contribution in [0, 0.1) is 0 Å². The van der Waals surface area contributed by atoms with Crippen molar-refractivity contribution in [1.82, 2.24) is 11.1 Å². The highest BCUT2D eigenvalue weighted by atomic mass is 32.3. The smallest absolute Gasteiger partial charge is 0.344 e. The molecule has 0 unspecified atom stereocenters. The standard InChI is InChI=1S/C6H9NO.H3N.H2O4S/c1-2-7-5-3-4-6(7)8;;1-5(2,3)4/h2H,1,3-5H2;1H3;(H2,1,2,3,4). The molecule has 1 heterocycles. The fraction of sp³-hybridized carbons (Fsp3) is 0.500. The summed E-state index contributed by atoms with van der Waals surface area (Å²) >= 11 is 0. The zero-order valence-corrected chi connectivity index (χ0v) is 8.40. The normalized spacial score (nSPS) is 15.3. The summed E-state index contributed by atoms with van der Waals surface area (Å²) in [6.07, 6.45) is 3.28. The molecule has 1 aliphatic rings. The Morgan fingerprint density at radius 2 is 1.86 bits per heavy atom. The molecule has 84 valence electrons. The molecule has 0 aromatic rings. The Balaban J connectivity index is 0. The van der Waals surface area contributed by atoms with E-state index in [1.54, 1.807) is 11.1 Å². The molecule has 7 nitrogen and oxygen atoms in total. The Hall–Kier alpha value is -0.960. The molecule has 5 N–H and O–H groups in total. The van der Waals surface area contributed by atoms with Crippen molar-refractivity contribution >= 4 is 16.3 Å². The van der Waals surface area contributed by atoms with Gasteiger partial charge in [-0.15, -0.1) is 0 Å². The van der Waals surface area contributed by atoms with Gasteiger partial charge in [0.25, 0.3) is 0 Å².